The van der Waals surface area contributed by atoms with Crippen molar-refractivity contribution in [1.29, 1.82) is 0 Å². The van der Waals surface area contributed by atoms with Crippen LogP contribution in [0.3, 0.4) is 0 Å². The van der Waals surface area contributed by atoms with Crippen molar-refractivity contribution in [1.82, 2.24) is 0 Å². The van der Waals surface area contributed by atoms with E-state index in [0.717, 1.165) is 26.9 Å². The van der Waals surface area contributed by atoms with Crippen molar-refractivity contribution < 1.29 is 13.2 Å². The first-order chi connectivity index (χ1) is 14.3. The number of carbonyl (C=O) groups is 1. The standard InChI is InChI=1S/C23H21BrN2O3S/c1-15-3-7-20(13-16(15)2)25-23(27)18-4-10-22-17(14-18)11-12-26(22)30(28,29)21-8-5-19(24)6-9-21/h3-10,13-14H,11-12H2,1-2H3,(H,25,27). The molecule has 0 spiro atoms. The third kappa shape index (κ3) is 3.87. The molecule has 0 aliphatic carbocycles. The summed E-state index contributed by atoms with van der Waals surface area (Å²) < 4.78 is 28.4. The quantitative estimate of drug-likeness (QED) is 0.561. The van der Waals surface area contributed by atoms with Crippen molar-refractivity contribution in [2.75, 3.05) is 16.2 Å². The summed E-state index contributed by atoms with van der Waals surface area (Å²) in [6.45, 7) is 4.38. The third-order valence-corrected chi connectivity index (χ3v) is 7.72. The smallest absolute Gasteiger partial charge is 0.264 e. The molecule has 0 saturated heterocycles. The summed E-state index contributed by atoms with van der Waals surface area (Å²) in [6, 6.07) is 17.5. The Bertz CT molecular complexity index is 1240. The van der Waals surface area contributed by atoms with E-state index in [9.17, 15) is 13.2 Å². The molecule has 0 radical (unpaired) electrons. The molecule has 0 fully saturated rings. The first kappa shape index (κ1) is 20.6. The number of amides is 1. The summed E-state index contributed by atoms with van der Waals surface area (Å²) in [6.07, 6.45) is 0.565. The molecule has 0 aromatic heterocycles. The predicted molar refractivity (Wildman–Crippen MR) is 123 cm³/mol. The van der Waals surface area contributed by atoms with E-state index in [4.69, 9.17) is 0 Å². The molecule has 154 valence electrons. The van der Waals surface area contributed by atoms with E-state index in [1.807, 2.05) is 32.0 Å². The van der Waals surface area contributed by atoms with Gasteiger partial charge in [0.15, 0.2) is 0 Å². The Kier molecular flexibility index (Phi) is 5.42. The van der Waals surface area contributed by atoms with Gasteiger partial charge in [0.05, 0.1) is 10.6 Å². The zero-order valence-corrected chi connectivity index (χ0v) is 19.0. The Hall–Kier alpha value is -2.64. The lowest BCUT2D eigenvalue weighted by Gasteiger charge is -2.20. The van der Waals surface area contributed by atoms with Gasteiger partial charge in [-0.05, 0) is 91.6 Å². The van der Waals surface area contributed by atoms with Gasteiger partial charge >= 0.3 is 0 Å². The summed E-state index contributed by atoms with van der Waals surface area (Å²) in [5.41, 5.74) is 5.00. The van der Waals surface area contributed by atoms with Gasteiger partial charge in [-0.3, -0.25) is 9.10 Å². The van der Waals surface area contributed by atoms with Gasteiger partial charge in [0.25, 0.3) is 15.9 Å². The van der Waals surface area contributed by atoms with E-state index in [1.165, 1.54) is 4.31 Å². The molecule has 3 aromatic rings. The van der Waals surface area contributed by atoms with Gasteiger partial charge in [-0.1, -0.05) is 22.0 Å². The van der Waals surface area contributed by atoms with Crippen LogP contribution in [0.1, 0.15) is 27.0 Å². The van der Waals surface area contributed by atoms with Crippen LogP contribution < -0.4 is 9.62 Å². The number of halogens is 1. The second-order valence-corrected chi connectivity index (χ2v) is 10.2. The summed E-state index contributed by atoms with van der Waals surface area (Å²) in [5.74, 6) is -0.213. The summed E-state index contributed by atoms with van der Waals surface area (Å²) >= 11 is 3.33. The van der Waals surface area contributed by atoms with Crippen LogP contribution in [-0.4, -0.2) is 20.9 Å². The molecule has 0 atom stereocenters. The van der Waals surface area contributed by atoms with Crippen molar-refractivity contribution >= 4 is 43.2 Å². The Morgan fingerprint density at radius 1 is 0.967 bits per heavy atom. The summed E-state index contributed by atoms with van der Waals surface area (Å²) in [4.78, 5) is 12.9. The van der Waals surface area contributed by atoms with Crippen LogP contribution in [0.2, 0.25) is 0 Å². The Morgan fingerprint density at radius 2 is 1.70 bits per heavy atom. The lowest BCUT2D eigenvalue weighted by molar-refractivity contribution is 0.102. The van der Waals surface area contributed by atoms with Gasteiger partial charge in [0.2, 0.25) is 0 Å². The molecule has 1 heterocycles. The highest BCUT2D eigenvalue weighted by molar-refractivity contribution is 9.10. The number of anilines is 2. The zero-order valence-electron chi connectivity index (χ0n) is 16.6. The van der Waals surface area contributed by atoms with Gasteiger partial charge in [-0.25, -0.2) is 8.42 Å². The highest BCUT2D eigenvalue weighted by Gasteiger charge is 2.31. The molecule has 5 nitrogen and oxygen atoms in total. The molecule has 3 aromatic carbocycles. The Morgan fingerprint density at radius 3 is 2.40 bits per heavy atom. The maximum absolute atomic E-state index is 13.1. The number of aryl methyl sites for hydroxylation is 2. The molecule has 30 heavy (non-hydrogen) atoms. The minimum Gasteiger partial charge on any atom is -0.322 e. The maximum Gasteiger partial charge on any atom is 0.264 e. The van der Waals surface area contributed by atoms with Gasteiger partial charge in [0, 0.05) is 22.3 Å². The number of fused-ring (bicyclic) bond motifs is 1. The third-order valence-electron chi connectivity index (χ3n) is 5.36. The molecule has 1 aliphatic heterocycles. The van der Waals surface area contributed by atoms with Crippen molar-refractivity contribution in [3.05, 3.63) is 87.4 Å². The molecule has 4 rings (SSSR count). The largest absolute Gasteiger partial charge is 0.322 e. The Labute approximate surface area is 184 Å². The highest BCUT2D eigenvalue weighted by Crippen LogP contribution is 2.34. The topological polar surface area (TPSA) is 66.5 Å². The second kappa shape index (κ2) is 7.89. The van der Waals surface area contributed by atoms with Gasteiger partial charge in [-0.2, -0.15) is 0 Å². The first-order valence-electron chi connectivity index (χ1n) is 9.55. The first-order valence-corrected chi connectivity index (χ1v) is 11.8. The van der Waals surface area contributed by atoms with Crippen LogP contribution in [-0.2, 0) is 16.4 Å². The number of carbonyl (C=O) groups excluding carboxylic acids is 1. The average Bonchev–Trinajstić information content (AvgIpc) is 3.15. The van der Waals surface area contributed by atoms with E-state index in [-0.39, 0.29) is 10.8 Å². The van der Waals surface area contributed by atoms with Crippen LogP contribution in [0.4, 0.5) is 11.4 Å². The average molecular weight is 485 g/mol. The van der Waals surface area contributed by atoms with Crippen LogP contribution in [0.5, 0.6) is 0 Å². The minimum atomic E-state index is -3.65. The zero-order chi connectivity index (χ0) is 21.5. The molecule has 0 saturated carbocycles. The maximum atomic E-state index is 13.1. The van der Waals surface area contributed by atoms with E-state index in [2.05, 4.69) is 21.2 Å². The lowest BCUT2D eigenvalue weighted by atomic mass is 10.1. The number of hydrogen-bond donors (Lipinski definition) is 1. The number of sulfonamides is 1. The van der Waals surface area contributed by atoms with Crippen molar-refractivity contribution in [2.45, 2.75) is 25.2 Å². The molecule has 1 amide bonds. The van der Waals surface area contributed by atoms with Gasteiger partial charge in [-0.15, -0.1) is 0 Å². The van der Waals surface area contributed by atoms with Gasteiger partial charge in [0.1, 0.15) is 0 Å². The lowest BCUT2D eigenvalue weighted by Crippen LogP contribution is -2.29. The van der Waals surface area contributed by atoms with Crippen molar-refractivity contribution in [3.63, 3.8) is 0 Å². The minimum absolute atomic E-state index is 0.213. The fourth-order valence-corrected chi connectivity index (χ4v) is 5.29. The van der Waals surface area contributed by atoms with Crippen LogP contribution >= 0.6 is 15.9 Å². The molecule has 0 bridgehead atoms. The summed E-state index contributed by atoms with van der Waals surface area (Å²) in [7, 11) is -3.65. The number of rotatable bonds is 4. The van der Waals surface area contributed by atoms with Crippen LogP contribution in [0.25, 0.3) is 0 Å². The van der Waals surface area contributed by atoms with E-state index < -0.39 is 10.0 Å². The van der Waals surface area contributed by atoms with E-state index in [1.54, 1.807) is 42.5 Å². The molecular weight excluding hydrogens is 464 g/mol. The molecule has 0 unspecified atom stereocenters. The molecule has 1 N–H and O–H groups in total. The number of nitrogens with one attached hydrogen (secondary N) is 1. The Balaban J connectivity index is 1.58. The molecular formula is C23H21BrN2O3S. The van der Waals surface area contributed by atoms with Crippen LogP contribution in [0, 0.1) is 13.8 Å². The fourth-order valence-electron chi connectivity index (χ4n) is 3.52. The molecule has 1 aliphatic rings. The van der Waals surface area contributed by atoms with Crippen LogP contribution in [0.15, 0.2) is 70.0 Å². The van der Waals surface area contributed by atoms with E-state index in [0.29, 0.717) is 24.2 Å². The van der Waals surface area contributed by atoms with Crippen molar-refractivity contribution in [3.8, 4) is 0 Å². The predicted octanol–water partition coefficient (Wildman–Crippen LogP) is 5.07. The highest BCUT2D eigenvalue weighted by atomic mass is 79.9. The monoisotopic (exact) mass is 484 g/mol. The normalized spacial score (nSPS) is 13.2. The fraction of sp³-hybridized carbons (Fsp3) is 0.174. The number of nitrogens with zero attached hydrogens (tertiary/aromatic N) is 1. The number of benzene rings is 3. The van der Waals surface area contributed by atoms with Gasteiger partial charge < -0.3 is 5.32 Å². The van der Waals surface area contributed by atoms with Crippen molar-refractivity contribution in [2.24, 2.45) is 0 Å². The molecule has 7 heteroatoms. The second-order valence-electron chi connectivity index (χ2n) is 7.38. The number of hydrogen-bond acceptors (Lipinski definition) is 3. The SMILES string of the molecule is Cc1ccc(NC(=O)c2ccc3c(c2)CCN3S(=O)(=O)c2ccc(Br)cc2)cc1C. The summed E-state index contributed by atoms with van der Waals surface area (Å²) in [5, 5.41) is 2.91. The van der Waals surface area contributed by atoms with E-state index >= 15 is 0 Å².